The second-order valence-corrected chi connectivity index (χ2v) is 5.25. The van der Waals surface area contributed by atoms with Crippen LogP contribution in [0.3, 0.4) is 0 Å². The normalized spacial score (nSPS) is 17.8. The Bertz CT molecular complexity index is 590. The van der Waals surface area contributed by atoms with Gasteiger partial charge in [-0.1, -0.05) is 18.2 Å². The predicted molar refractivity (Wildman–Crippen MR) is 78.9 cm³/mol. The highest BCUT2D eigenvalue weighted by Crippen LogP contribution is 2.11. The van der Waals surface area contributed by atoms with Crippen molar-refractivity contribution in [3.05, 3.63) is 48.0 Å². The predicted octanol–water partition coefficient (Wildman–Crippen LogP) is 0.808. The average Bonchev–Trinajstić information content (AvgIpc) is 3.18. The number of aromatic nitrogens is 3. The van der Waals surface area contributed by atoms with Gasteiger partial charge in [0.15, 0.2) is 0 Å². The van der Waals surface area contributed by atoms with E-state index in [2.05, 4.69) is 20.7 Å². The van der Waals surface area contributed by atoms with E-state index in [1.807, 2.05) is 24.3 Å². The first-order chi connectivity index (χ1) is 10.3. The van der Waals surface area contributed by atoms with Gasteiger partial charge in [-0.25, -0.2) is 9.67 Å². The second kappa shape index (κ2) is 6.49. The molecule has 0 spiro atoms. The van der Waals surface area contributed by atoms with Crippen LogP contribution in [0.15, 0.2) is 36.9 Å². The van der Waals surface area contributed by atoms with Crippen molar-refractivity contribution in [2.24, 2.45) is 0 Å². The third kappa shape index (κ3) is 3.46. The molecular weight excluding hydrogens is 266 g/mol. The smallest absolute Gasteiger partial charge is 0.251 e. The summed E-state index contributed by atoms with van der Waals surface area (Å²) in [5.74, 6) is -0.0283. The molecule has 0 aliphatic carbocycles. The lowest BCUT2D eigenvalue weighted by Crippen LogP contribution is -2.37. The van der Waals surface area contributed by atoms with Gasteiger partial charge in [0.1, 0.15) is 12.7 Å². The van der Waals surface area contributed by atoms with Crippen LogP contribution in [-0.2, 0) is 6.54 Å². The fraction of sp³-hybridized carbons (Fsp3) is 0.400. The van der Waals surface area contributed by atoms with Crippen LogP contribution in [0.1, 0.15) is 28.8 Å². The van der Waals surface area contributed by atoms with Crippen LogP contribution in [0.5, 0.6) is 0 Å². The van der Waals surface area contributed by atoms with Crippen LogP contribution in [0.2, 0.25) is 0 Å². The van der Waals surface area contributed by atoms with Crippen molar-refractivity contribution in [1.82, 2.24) is 25.4 Å². The van der Waals surface area contributed by atoms with E-state index >= 15 is 0 Å². The van der Waals surface area contributed by atoms with Crippen LogP contribution < -0.4 is 10.6 Å². The molecule has 1 saturated heterocycles. The second-order valence-electron chi connectivity index (χ2n) is 5.25. The SMILES string of the molecule is O=C(NCC1CCCN1)c1ccccc1Cn1cncn1. The molecule has 2 N–H and O–H groups in total. The molecule has 1 aliphatic heterocycles. The van der Waals surface area contributed by atoms with Crippen LogP contribution >= 0.6 is 0 Å². The molecule has 1 aliphatic rings. The Hall–Kier alpha value is -2.21. The maximum absolute atomic E-state index is 12.4. The molecule has 6 nitrogen and oxygen atoms in total. The molecule has 1 aromatic carbocycles. The molecule has 2 aromatic rings. The standard InChI is InChI=1S/C15H19N5O/c21-15(18-8-13-5-3-7-17-13)14-6-2-1-4-12(14)9-20-11-16-10-19-20/h1-2,4,6,10-11,13,17H,3,5,7-9H2,(H,18,21). The quantitative estimate of drug-likeness (QED) is 0.852. The van der Waals surface area contributed by atoms with Crippen LogP contribution in [0, 0.1) is 0 Å². The number of rotatable bonds is 5. The number of nitrogens with one attached hydrogen (secondary N) is 2. The highest BCUT2D eigenvalue weighted by atomic mass is 16.1. The van der Waals surface area contributed by atoms with Gasteiger partial charge in [0.2, 0.25) is 0 Å². The minimum Gasteiger partial charge on any atom is -0.350 e. The fourth-order valence-electron chi connectivity index (χ4n) is 2.61. The van der Waals surface area contributed by atoms with Crippen molar-refractivity contribution >= 4 is 5.91 Å². The fourth-order valence-corrected chi connectivity index (χ4v) is 2.61. The Kier molecular flexibility index (Phi) is 4.25. The van der Waals surface area contributed by atoms with Crippen molar-refractivity contribution < 1.29 is 4.79 Å². The van der Waals surface area contributed by atoms with Gasteiger partial charge in [0.25, 0.3) is 5.91 Å². The number of hydrogen-bond acceptors (Lipinski definition) is 4. The highest BCUT2D eigenvalue weighted by molar-refractivity contribution is 5.95. The first-order valence-electron chi connectivity index (χ1n) is 7.25. The third-order valence-corrected chi connectivity index (χ3v) is 3.73. The molecule has 0 saturated carbocycles. The maximum Gasteiger partial charge on any atom is 0.251 e. The topological polar surface area (TPSA) is 71.8 Å². The summed E-state index contributed by atoms with van der Waals surface area (Å²) >= 11 is 0. The van der Waals surface area contributed by atoms with Gasteiger partial charge in [-0.05, 0) is 31.0 Å². The lowest BCUT2D eigenvalue weighted by Gasteiger charge is -2.13. The summed E-state index contributed by atoms with van der Waals surface area (Å²) in [6.45, 7) is 2.27. The molecule has 0 radical (unpaired) electrons. The van der Waals surface area contributed by atoms with Gasteiger partial charge >= 0.3 is 0 Å². The van der Waals surface area contributed by atoms with E-state index in [4.69, 9.17) is 0 Å². The summed E-state index contributed by atoms with van der Waals surface area (Å²) in [6, 6.07) is 8.01. The summed E-state index contributed by atoms with van der Waals surface area (Å²) in [5.41, 5.74) is 1.64. The molecule has 1 unspecified atom stereocenters. The molecule has 2 heterocycles. The van der Waals surface area contributed by atoms with Crippen molar-refractivity contribution in [1.29, 1.82) is 0 Å². The zero-order valence-corrected chi connectivity index (χ0v) is 11.8. The first kappa shape index (κ1) is 13.8. The van der Waals surface area contributed by atoms with Crippen LogP contribution in [0.25, 0.3) is 0 Å². The summed E-state index contributed by atoms with van der Waals surface area (Å²) in [5, 5.41) is 10.5. The number of carbonyl (C=O) groups is 1. The van der Waals surface area contributed by atoms with E-state index in [0.717, 1.165) is 18.5 Å². The molecule has 0 bridgehead atoms. The van der Waals surface area contributed by atoms with E-state index in [0.29, 0.717) is 24.7 Å². The Balaban J connectivity index is 1.67. The lowest BCUT2D eigenvalue weighted by molar-refractivity contribution is 0.0949. The van der Waals surface area contributed by atoms with Gasteiger partial charge in [-0.15, -0.1) is 0 Å². The van der Waals surface area contributed by atoms with Crippen LogP contribution in [0.4, 0.5) is 0 Å². The van der Waals surface area contributed by atoms with Crippen molar-refractivity contribution in [2.75, 3.05) is 13.1 Å². The monoisotopic (exact) mass is 285 g/mol. The van der Waals surface area contributed by atoms with Gasteiger partial charge in [0.05, 0.1) is 6.54 Å². The summed E-state index contributed by atoms with van der Waals surface area (Å²) < 4.78 is 1.71. The Morgan fingerprint density at radius 2 is 2.33 bits per heavy atom. The first-order valence-corrected chi connectivity index (χ1v) is 7.25. The van der Waals surface area contributed by atoms with E-state index in [9.17, 15) is 4.79 Å². The zero-order chi connectivity index (χ0) is 14.5. The molecule has 1 fully saturated rings. The molecule has 21 heavy (non-hydrogen) atoms. The summed E-state index contributed by atoms with van der Waals surface area (Å²) in [4.78, 5) is 16.3. The number of amides is 1. The van der Waals surface area contributed by atoms with E-state index in [1.54, 1.807) is 11.0 Å². The van der Waals surface area contributed by atoms with E-state index in [1.165, 1.54) is 12.7 Å². The van der Waals surface area contributed by atoms with Gasteiger partial charge in [0, 0.05) is 18.2 Å². The number of hydrogen-bond donors (Lipinski definition) is 2. The minimum absolute atomic E-state index is 0.0283. The molecule has 1 atom stereocenters. The largest absolute Gasteiger partial charge is 0.350 e. The Morgan fingerprint density at radius 1 is 1.43 bits per heavy atom. The number of nitrogens with zero attached hydrogens (tertiary/aromatic N) is 3. The summed E-state index contributed by atoms with van der Waals surface area (Å²) in [7, 11) is 0. The molecule has 1 amide bonds. The van der Waals surface area contributed by atoms with Crippen molar-refractivity contribution in [3.8, 4) is 0 Å². The maximum atomic E-state index is 12.4. The minimum atomic E-state index is -0.0283. The summed E-state index contributed by atoms with van der Waals surface area (Å²) in [6.07, 6.45) is 5.45. The molecular formula is C15H19N5O. The Labute approximate surface area is 123 Å². The average molecular weight is 285 g/mol. The highest BCUT2D eigenvalue weighted by Gasteiger charge is 2.16. The Morgan fingerprint density at radius 3 is 3.10 bits per heavy atom. The zero-order valence-electron chi connectivity index (χ0n) is 11.8. The molecule has 110 valence electrons. The number of benzene rings is 1. The lowest BCUT2D eigenvalue weighted by atomic mass is 10.1. The van der Waals surface area contributed by atoms with Gasteiger partial charge in [-0.3, -0.25) is 4.79 Å². The van der Waals surface area contributed by atoms with E-state index in [-0.39, 0.29) is 5.91 Å². The third-order valence-electron chi connectivity index (χ3n) is 3.73. The van der Waals surface area contributed by atoms with E-state index < -0.39 is 0 Å². The van der Waals surface area contributed by atoms with Crippen LogP contribution in [-0.4, -0.2) is 39.8 Å². The number of carbonyl (C=O) groups excluding carboxylic acids is 1. The molecule has 3 rings (SSSR count). The molecule has 1 aromatic heterocycles. The van der Waals surface area contributed by atoms with Gasteiger partial charge < -0.3 is 10.6 Å². The van der Waals surface area contributed by atoms with Crippen molar-refractivity contribution in [2.45, 2.75) is 25.4 Å². The molecule has 6 heteroatoms. The van der Waals surface area contributed by atoms with Gasteiger partial charge in [-0.2, -0.15) is 5.10 Å². The van der Waals surface area contributed by atoms with Crippen molar-refractivity contribution in [3.63, 3.8) is 0 Å².